The molecule has 0 aliphatic heterocycles. The molecule has 0 atom stereocenters. The van der Waals surface area contributed by atoms with E-state index in [1.165, 1.54) is 12.1 Å². The molecule has 20 heavy (non-hydrogen) atoms. The number of aromatic nitrogens is 2. The van der Waals surface area contributed by atoms with E-state index in [1.54, 1.807) is 6.07 Å². The Labute approximate surface area is 119 Å². The third-order valence-electron chi connectivity index (χ3n) is 3.76. The molecule has 2 rings (SSSR count). The number of nitrogens with two attached hydrogens (primary N) is 1. The number of benzene rings is 1. The summed E-state index contributed by atoms with van der Waals surface area (Å²) in [5, 5.41) is 0. The standard InChI is InChI=1S/C15H23FN4/c1-11(2)19(3)8-4-5-9-20-14-7-6-12(16)10-13(14)18-15(20)17/h6-7,10-11H,4-5,8-9H2,1-3H3,(H2,17,18). The molecule has 2 N–H and O–H groups in total. The van der Waals surface area contributed by atoms with Gasteiger partial charge in [-0.05, 0) is 52.4 Å². The van der Waals surface area contributed by atoms with Gasteiger partial charge in [-0.2, -0.15) is 0 Å². The van der Waals surface area contributed by atoms with Crippen LogP contribution in [0.15, 0.2) is 18.2 Å². The summed E-state index contributed by atoms with van der Waals surface area (Å²) < 4.78 is 15.1. The van der Waals surface area contributed by atoms with Gasteiger partial charge in [0.25, 0.3) is 0 Å². The van der Waals surface area contributed by atoms with Crippen LogP contribution in [0.5, 0.6) is 0 Å². The van der Waals surface area contributed by atoms with Crippen LogP contribution in [0.25, 0.3) is 11.0 Å². The predicted octanol–water partition coefficient (Wildman–Crippen LogP) is 2.88. The lowest BCUT2D eigenvalue weighted by Gasteiger charge is -2.20. The summed E-state index contributed by atoms with van der Waals surface area (Å²) >= 11 is 0. The molecule has 0 saturated heterocycles. The summed E-state index contributed by atoms with van der Waals surface area (Å²) in [5.41, 5.74) is 7.44. The number of nitrogens with zero attached hydrogens (tertiary/aromatic N) is 3. The van der Waals surface area contributed by atoms with Gasteiger partial charge < -0.3 is 15.2 Å². The zero-order valence-electron chi connectivity index (χ0n) is 12.4. The molecule has 0 saturated carbocycles. The van der Waals surface area contributed by atoms with E-state index in [2.05, 4.69) is 30.8 Å². The van der Waals surface area contributed by atoms with Crippen LogP contribution in [-0.4, -0.2) is 34.1 Å². The number of aryl methyl sites for hydroxylation is 1. The summed E-state index contributed by atoms with van der Waals surface area (Å²) in [6.07, 6.45) is 2.14. The van der Waals surface area contributed by atoms with Crippen LogP contribution >= 0.6 is 0 Å². The van der Waals surface area contributed by atoms with E-state index in [1.807, 2.05) is 4.57 Å². The number of anilines is 1. The average molecular weight is 278 g/mol. The van der Waals surface area contributed by atoms with Gasteiger partial charge in [-0.3, -0.25) is 0 Å². The molecule has 1 aromatic heterocycles. The van der Waals surface area contributed by atoms with E-state index in [0.29, 0.717) is 17.5 Å². The minimum absolute atomic E-state index is 0.277. The molecule has 1 aromatic carbocycles. The zero-order valence-corrected chi connectivity index (χ0v) is 12.4. The monoisotopic (exact) mass is 278 g/mol. The molecule has 0 aliphatic carbocycles. The lowest BCUT2D eigenvalue weighted by atomic mass is 10.2. The summed E-state index contributed by atoms with van der Waals surface area (Å²) in [6.45, 7) is 6.27. The second-order valence-corrected chi connectivity index (χ2v) is 5.54. The van der Waals surface area contributed by atoms with Crippen LogP contribution in [0.4, 0.5) is 10.3 Å². The number of hydrogen-bond acceptors (Lipinski definition) is 3. The first-order valence-corrected chi connectivity index (χ1v) is 7.10. The fraction of sp³-hybridized carbons (Fsp3) is 0.533. The minimum Gasteiger partial charge on any atom is -0.369 e. The van der Waals surface area contributed by atoms with Gasteiger partial charge in [0.2, 0.25) is 5.95 Å². The molecule has 4 nitrogen and oxygen atoms in total. The van der Waals surface area contributed by atoms with Crippen molar-refractivity contribution in [2.75, 3.05) is 19.3 Å². The Morgan fingerprint density at radius 1 is 1.35 bits per heavy atom. The van der Waals surface area contributed by atoms with Gasteiger partial charge in [0.05, 0.1) is 11.0 Å². The van der Waals surface area contributed by atoms with E-state index in [-0.39, 0.29) is 5.82 Å². The quantitative estimate of drug-likeness (QED) is 0.826. The molecular formula is C15H23FN4. The van der Waals surface area contributed by atoms with Crippen LogP contribution in [-0.2, 0) is 6.54 Å². The van der Waals surface area contributed by atoms with Crippen LogP contribution in [0.1, 0.15) is 26.7 Å². The highest BCUT2D eigenvalue weighted by atomic mass is 19.1. The fourth-order valence-corrected chi connectivity index (χ4v) is 2.25. The van der Waals surface area contributed by atoms with Gasteiger partial charge in [0.1, 0.15) is 5.82 Å². The molecule has 0 fully saturated rings. The molecule has 1 heterocycles. The lowest BCUT2D eigenvalue weighted by Crippen LogP contribution is -2.27. The van der Waals surface area contributed by atoms with Gasteiger partial charge in [-0.1, -0.05) is 0 Å². The first kappa shape index (κ1) is 14.8. The summed E-state index contributed by atoms with van der Waals surface area (Å²) in [5.74, 6) is 0.184. The van der Waals surface area contributed by atoms with E-state index >= 15 is 0 Å². The highest BCUT2D eigenvalue weighted by Crippen LogP contribution is 2.19. The maximum Gasteiger partial charge on any atom is 0.201 e. The number of halogens is 1. The normalized spacial score (nSPS) is 11.9. The molecule has 0 aliphatic rings. The summed E-state index contributed by atoms with van der Waals surface area (Å²) in [4.78, 5) is 6.53. The Hall–Kier alpha value is -1.62. The number of hydrogen-bond donors (Lipinski definition) is 1. The third kappa shape index (κ3) is 3.28. The van der Waals surface area contributed by atoms with Crippen molar-refractivity contribution in [3.63, 3.8) is 0 Å². The highest BCUT2D eigenvalue weighted by molar-refractivity contribution is 5.78. The second kappa shape index (κ2) is 6.22. The molecule has 0 radical (unpaired) electrons. The van der Waals surface area contributed by atoms with Gasteiger partial charge >= 0.3 is 0 Å². The summed E-state index contributed by atoms with van der Waals surface area (Å²) in [7, 11) is 2.13. The first-order chi connectivity index (χ1) is 9.49. The van der Waals surface area contributed by atoms with Crippen molar-refractivity contribution in [3.05, 3.63) is 24.0 Å². The zero-order chi connectivity index (χ0) is 14.7. The van der Waals surface area contributed by atoms with Crippen LogP contribution in [0, 0.1) is 5.82 Å². The number of nitrogen functional groups attached to an aromatic ring is 1. The second-order valence-electron chi connectivity index (χ2n) is 5.54. The molecule has 0 unspecified atom stereocenters. The van der Waals surface area contributed by atoms with Crippen molar-refractivity contribution in [1.82, 2.24) is 14.5 Å². The highest BCUT2D eigenvalue weighted by Gasteiger charge is 2.09. The lowest BCUT2D eigenvalue weighted by molar-refractivity contribution is 0.266. The molecular weight excluding hydrogens is 255 g/mol. The fourth-order valence-electron chi connectivity index (χ4n) is 2.25. The Balaban J connectivity index is 1.98. The van der Waals surface area contributed by atoms with Crippen molar-refractivity contribution in [2.24, 2.45) is 0 Å². The molecule has 5 heteroatoms. The molecule has 0 bridgehead atoms. The van der Waals surface area contributed by atoms with E-state index in [4.69, 9.17) is 5.73 Å². The maximum absolute atomic E-state index is 13.2. The molecule has 0 spiro atoms. The first-order valence-electron chi connectivity index (χ1n) is 7.10. The smallest absolute Gasteiger partial charge is 0.201 e. The van der Waals surface area contributed by atoms with E-state index < -0.39 is 0 Å². The molecule has 2 aromatic rings. The van der Waals surface area contributed by atoms with Gasteiger partial charge in [-0.25, -0.2) is 9.37 Å². The predicted molar refractivity (Wildman–Crippen MR) is 81.1 cm³/mol. The third-order valence-corrected chi connectivity index (χ3v) is 3.76. The van der Waals surface area contributed by atoms with Crippen molar-refractivity contribution in [1.29, 1.82) is 0 Å². The SMILES string of the molecule is CC(C)N(C)CCCCn1c(N)nc2cc(F)ccc21. The van der Waals surface area contributed by atoms with Gasteiger partial charge in [0.15, 0.2) is 0 Å². The number of imidazole rings is 1. The van der Waals surface area contributed by atoms with Crippen LogP contribution in [0.2, 0.25) is 0 Å². The largest absolute Gasteiger partial charge is 0.369 e. The topological polar surface area (TPSA) is 47.1 Å². The Morgan fingerprint density at radius 3 is 2.80 bits per heavy atom. The van der Waals surface area contributed by atoms with Crippen molar-refractivity contribution in [3.8, 4) is 0 Å². The molecule has 0 amide bonds. The van der Waals surface area contributed by atoms with Crippen molar-refractivity contribution < 1.29 is 4.39 Å². The van der Waals surface area contributed by atoms with Crippen molar-refractivity contribution >= 4 is 17.0 Å². The minimum atomic E-state index is -0.277. The maximum atomic E-state index is 13.2. The Kier molecular flexibility index (Phi) is 4.60. The van der Waals surface area contributed by atoms with E-state index in [0.717, 1.165) is 31.4 Å². The van der Waals surface area contributed by atoms with Gasteiger partial charge in [-0.15, -0.1) is 0 Å². The van der Waals surface area contributed by atoms with E-state index in [9.17, 15) is 4.39 Å². The average Bonchev–Trinajstić information content (AvgIpc) is 2.69. The summed E-state index contributed by atoms with van der Waals surface area (Å²) in [6, 6.07) is 5.19. The van der Waals surface area contributed by atoms with Gasteiger partial charge in [0, 0.05) is 18.7 Å². The number of unbranched alkanes of at least 4 members (excludes halogenated alkanes) is 1. The van der Waals surface area contributed by atoms with Crippen LogP contribution < -0.4 is 5.73 Å². The Bertz CT molecular complexity index is 577. The van der Waals surface area contributed by atoms with Crippen LogP contribution in [0.3, 0.4) is 0 Å². The number of rotatable bonds is 6. The Morgan fingerprint density at radius 2 is 2.10 bits per heavy atom. The van der Waals surface area contributed by atoms with Crippen molar-refractivity contribution in [2.45, 2.75) is 39.3 Å². The molecule has 110 valence electrons. The number of fused-ring (bicyclic) bond motifs is 1.